The lowest BCUT2D eigenvalue weighted by Crippen LogP contribution is -1.99. The van der Waals surface area contributed by atoms with Crippen LogP contribution in [-0.2, 0) is 12.8 Å². The van der Waals surface area contributed by atoms with E-state index in [0.29, 0.717) is 4.34 Å². The van der Waals surface area contributed by atoms with Gasteiger partial charge in [0, 0.05) is 4.88 Å². The van der Waals surface area contributed by atoms with E-state index in [1.54, 1.807) is 11.3 Å². The number of thiophene rings is 1. The smallest absolute Gasteiger partial charge is 0.111 e. The van der Waals surface area contributed by atoms with Gasteiger partial charge in [0.05, 0.1) is 5.56 Å². The average molecular weight is 198 g/mol. The van der Waals surface area contributed by atoms with Crippen LogP contribution in [0.15, 0.2) is 0 Å². The van der Waals surface area contributed by atoms with Crippen molar-refractivity contribution in [2.24, 2.45) is 0 Å². The monoisotopic (exact) mass is 197 g/mol. The molecule has 0 saturated heterocycles. The Morgan fingerprint density at radius 2 is 2.08 bits per heavy atom. The summed E-state index contributed by atoms with van der Waals surface area (Å²) in [5.74, 6) is 0. The molecule has 1 heterocycles. The second-order valence-corrected chi connectivity index (χ2v) is 4.68. The summed E-state index contributed by atoms with van der Waals surface area (Å²) in [4.78, 5) is 1.34. The Bertz CT molecular complexity index is 348. The zero-order valence-corrected chi connectivity index (χ0v) is 8.13. The molecule has 1 nitrogen and oxygen atoms in total. The number of rotatable bonds is 0. The Kier molecular flexibility index (Phi) is 2.08. The molecule has 62 valence electrons. The van der Waals surface area contributed by atoms with Crippen molar-refractivity contribution in [3.8, 4) is 6.07 Å². The van der Waals surface area contributed by atoms with Crippen LogP contribution in [0.2, 0.25) is 4.34 Å². The molecule has 2 rings (SSSR count). The van der Waals surface area contributed by atoms with Gasteiger partial charge in [-0.1, -0.05) is 11.6 Å². The van der Waals surface area contributed by atoms with Crippen molar-refractivity contribution in [3.05, 3.63) is 20.3 Å². The molecule has 0 unspecified atom stereocenters. The highest BCUT2D eigenvalue weighted by Gasteiger charge is 2.18. The first-order valence-electron chi connectivity index (χ1n) is 4.03. The summed E-state index contributed by atoms with van der Waals surface area (Å²) < 4.78 is 0.685. The van der Waals surface area contributed by atoms with Crippen molar-refractivity contribution in [2.45, 2.75) is 25.7 Å². The summed E-state index contributed by atoms with van der Waals surface area (Å²) in [6, 6.07) is 2.18. The molecule has 0 N–H and O–H groups in total. The third-order valence-electron chi connectivity index (χ3n) is 2.24. The first-order valence-corrected chi connectivity index (χ1v) is 5.22. The molecule has 0 aromatic carbocycles. The fraction of sp³-hybridized carbons (Fsp3) is 0.444. The molecule has 0 radical (unpaired) electrons. The second kappa shape index (κ2) is 3.08. The lowest BCUT2D eigenvalue weighted by molar-refractivity contribution is 0.696. The molecule has 0 bridgehead atoms. The number of halogens is 1. The highest BCUT2D eigenvalue weighted by molar-refractivity contribution is 7.16. The molecule has 1 aliphatic carbocycles. The highest BCUT2D eigenvalue weighted by Crippen LogP contribution is 2.36. The average Bonchev–Trinajstić information content (AvgIpc) is 2.40. The summed E-state index contributed by atoms with van der Waals surface area (Å²) in [6.07, 6.45) is 4.60. The second-order valence-electron chi connectivity index (χ2n) is 2.97. The molecule has 0 amide bonds. The Balaban J connectivity index is 2.56. The highest BCUT2D eigenvalue weighted by atomic mass is 35.5. The maximum absolute atomic E-state index is 8.84. The molecule has 1 aliphatic rings. The van der Waals surface area contributed by atoms with Crippen molar-refractivity contribution in [1.29, 1.82) is 5.26 Å². The van der Waals surface area contributed by atoms with E-state index in [2.05, 4.69) is 6.07 Å². The van der Waals surface area contributed by atoms with Crippen molar-refractivity contribution < 1.29 is 0 Å². The summed E-state index contributed by atoms with van der Waals surface area (Å²) in [5.41, 5.74) is 1.95. The number of hydrogen-bond donors (Lipinski definition) is 0. The molecule has 0 atom stereocenters. The van der Waals surface area contributed by atoms with Gasteiger partial charge in [0.25, 0.3) is 0 Å². The summed E-state index contributed by atoms with van der Waals surface area (Å²) >= 11 is 7.52. The van der Waals surface area contributed by atoms with Gasteiger partial charge >= 0.3 is 0 Å². The minimum absolute atomic E-state index is 0.685. The van der Waals surface area contributed by atoms with E-state index in [1.165, 1.54) is 23.3 Å². The quantitative estimate of drug-likeness (QED) is 0.627. The first-order chi connectivity index (χ1) is 5.83. The van der Waals surface area contributed by atoms with Crippen LogP contribution >= 0.6 is 22.9 Å². The third kappa shape index (κ3) is 1.14. The van der Waals surface area contributed by atoms with Crippen LogP contribution in [0.4, 0.5) is 0 Å². The normalized spacial score (nSPS) is 15.3. The molecular formula is C9H8ClNS. The predicted octanol–water partition coefficient (Wildman–Crippen LogP) is 3.15. The molecule has 0 aliphatic heterocycles. The third-order valence-corrected chi connectivity index (χ3v) is 3.74. The number of nitrogens with zero attached hydrogens (tertiary/aromatic N) is 1. The van der Waals surface area contributed by atoms with E-state index >= 15 is 0 Å². The maximum Gasteiger partial charge on any atom is 0.111 e. The maximum atomic E-state index is 8.84. The molecule has 1 aromatic heterocycles. The Hall–Kier alpha value is -0.520. The summed E-state index contributed by atoms with van der Waals surface area (Å²) in [6.45, 7) is 0. The lowest BCUT2D eigenvalue weighted by atomic mass is 9.96. The van der Waals surface area contributed by atoms with Gasteiger partial charge in [-0.2, -0.15) is 5.26 Å². The fourth-order valence-corrected chi connectivity index (χ4v) is 3.14. The largest absolute Gasteiger partial charge is 0.192 e. The Labute approximate surface area is 80.6 Å². The zero-order valence-electron chi connectivity index (χ0n) is 6.56. The number of nitriles is 1. The van der Waals surface area contributed by atoms with E-state index in [-0.39, 0.29) is 0 Å². The summed E-state index contributed by atoms with van der Waals surface area (Å²) in [7, 11) is 0. The number of hydrogen-bond acceptors (Lipinski definition) is 2. The van der Waals surface area contributed by atoms with Crippen LogP contribution in [0.1, 0.15) is 28.8 Å². The number of fused-ring (bicyclic) bond motifs is 1. The molecule has 3 heteroatoms. The summed E-state index contributed by atoms with van der Waals surface area (Å²) in [5, 5.41) is 8.84. The minimum Gasteiger partial charge on any atom is -0.192 e. The van der Waals surface area contributed by atoms with Crippen LogP contribution in [0.3, 0.4) is 0 Å². The van der Waals surface area contributed by atoms with Crippen molar-refractivity contribution in [1.82, 2.24) is 0 Å². The van der Waals surface area contributed by atoms with Gasteiger partial charge in [-0.15, -0.1) is 11.3 Å². The SMILES string of the molecule is N#Cc1c(Cl)sc2c1CCCC2. The van der Waals surface area contributed by atoms with Crippen LogP contribution in [0.25, 0.3) is 0 Å². The van der Waals surface area contributed by atoms with Crippen LogP contribution < -0.4 is 0 Å². The van der Waals surface area contributed by atoms with Gasteiger partial charge in [-0.25, -0.2) is 0 Å². The molecule has 1 aromatic rings. The van der Waals surface area contributed by atoms with E-state index in [9.17, 15) is 0 Å². The number of aryl methyl sites for hydroxylation is 1. The molecule has 0 fully saturated rings. The van der Waals surface area contributed by atoms with E-state index in [0.717, 1.165) is 18.4 Å². The molecule has 0 spiro atoms. The van der Waals surface area contributed by atoms with E-state index < -0.39 is 0 Å². The van der Waals surface area contributed by atoms with Crippen LogP contribution in [0.5, 0.6) is 0 Å². The van der Waals surface area contributed by atoms with Gasteiger partial charge in [0.15, 0.2) is 0 Å². The molecule has 0 saturated carbocycles. The van der Waals surface area contributed by atoms with Gasteiger partial charge in [0.2, 0.25) is 0 Å². The standard InChI is InChI=1S/C9H8ClNS/c10-9-7(5-11)6-3-1-2-4-8(6)12-9/h1-4H2. The van der Waals surface area contributed by atoms with Gasteiger partial charge < -0.3 is 0 Å². The van der Waals surface area contributed by atoms with Crippen LogP contribution in [0, 0.1) is 11.3 Å². The van der Waals surface area contributed by atoms with Crippen molar-refractivity contribution in [2.75, 3.05) is 0 Å². The fourth-order valence-electron chi connectivity index (χ4n) is 1.64. The van der Waals surface area contributed by atoms with Gasteiger partial charge in [0.1, 0.15) is 10.4 Å². The Morgan fingerprint density at radius 3 is 2.83 bits per heavy atom. The van der Waals surface area contributed by atoms with E-state index in [4.69, 9.17) is 16.9 Å². The zero-order chi connectivity index (χ0) is 8.55. The van der Waals surface area contributed by atoms with Crippen LogP contribution in [-0.4, -0.2) is 0 Å². The van der Waals surface area contributed by atoms with Crippen molar-refractivity contribution in [3.63, 3.8) is 0 Å². The topological polar surface area (TPSA) is 23.8 Å². The van der Waals surface area contributed by atoms with Crippen molar-refractivity contribution >= 4 is 22.9 Å². The van der Waals surface area contributed by atoms with Gasteiger partial charge in [-0.3, -0.25) is 0 Å². The van der Waals surface area contributed by atoms with E-state index in [1.807, 2.05) is 0 Å². The minimum atomic E-state index is 0.685. The Morgan fingerprint density at radius 1 is 1.33 bits per heavy atom. The van der Waals surface area contributed by atoms with Gasteiger partial charge in [-0.05, 0) is 31.2 Å². The first kappa shape index (κ1) is 8.10. The lowest BCUT2D eigenvalue weighted by Gasteiger charge is -2.09. The predicted molar refractivity (Wildman–Crippen MR) is 50.7 cm³/mol. The molecule has 12 heavy (non-hydrogen) atoms. The molecular weight excluding hydrogens is 190 g/mol.